The third kappa shape index (κ3) is 5.66. The highest BCUT2D eigenvalue weighted by molar-refractivity contribution is 5.78. The Morgan fingerprint density at radius 3 is 2.55 bits per heavy atom. The van der Waals surface area contributed by atoms with Gasteiger partial charge in [-0.2, -0.15) is 13.2 Å². The molecule has 0 saturated heterocycles. The smallest absolute Gasteiger partial charge is 0.417 e. The number of methoxy groups -OCH3 is 1. The number of carbonyl (C=O) groups is 1. The Hall–Kier alpha value is -2.68. The predicted molar refractivity (Wildman–Crippen MR) is 100 cm³/mol. The lowest BCUT2D eigenvalue weighted by Crippen LogP contribution is -2.43. The van der Waals surface area contributed by atoms with E-state index in [1.807, 2.05) is 6.92 Å². The van der Waals surface area contributed by atoms with Crippen molar-refractivity contribution >= 4 is 5.91 Å². The molecule has 2 rings (SSSR count). The molecule has 0 spiro atoms. The van der Waals surface area contributed by atoms with Crippen molar-refractivity contribution in [3.05, 3.63) is 53.6 Å². The number of nitrogens with zero attached hydrogens (tertiary/aromatic N) is 3. The molecule has 2 atom stereocenters. The summed E-state index contributed by atoms with van der Waals surface area (Å²) in [5.74, 6) is 0.112. The molecule has 0 aliphatic carbocycles. The summed E-state index contributed by atoms with van der Waals surface area (Å²) >= 11 is 0. The maximum atomic E-state index is 12.8. The van der Waals surface area contributed by atoms with Crippen LogP contribution in [0.3, 0.4) is 0 Å². The number of aliphatic hydroxyl groups excluding tert-OH is 1. The van der Waals surface area contributed by atoms with Gasteiger partial charge in [0, 0.05) is 36.4 Å². The molecular weight excluding hydrogens is 387 g/mol. The molecule has 0 aliphatic rings. The van der Waals surface area contributed by atoms with E-state index in [2.05, 4.69) is 9.97 Å². The van der Waals surface area contributed by atoms with Gasteiger partial charge in [0.1, 0.15) is 11.9 Å². The minimum absolute atomic E-state index is 0.167. The molecule has 0 radical (unpaired) electrons. The zero-order chi connectivity index (χ0) is 21.6. The lowest BCUT2D eigenvalue weighted by Gasteiger charge is -2.33. The van der Waals surface area contributed by atoms with Crippen molar-refractivity contribution in [2.45, 2.75) is 45.0 Å². The number of hydrogen-bond donors (Lipinski definition) is 1. The Morgan fingerprint density at radius 1 is 1.28 bits per heavy atom. The first-order valence-corrected chi connectivity index (χ1v) is 9.16. The average Bonchev–Trinajstić information content (AvgIpc) is 2.70. The minimum atomic E-state index is -4.48. The fourth-order valence-electron chi connectivity index (χ4n) is 2.98. The number of ether oxygens (including phenoxy) is 1. The molecule has 0 aromatic carbocycles. The van der Waals surface area contributed by atoms with Crippen LogP contribution in [-0.4, -0.2) is 45.6 Å². The summed E-state index contributed by atoms with van der Waals surface area (Å²) in [6.07, 6.45) is -1.32. The van der Waals surface area contributed by atoms with Crippen LogP contribution in [0.25, 0.3) is 0 Å². The summed E-state index contributed by atoms with van der Waals surface area (Å²) in [7, 11) is 1.47. The third-order valence-electron chi connectivity index (χ3n) is 4.57. The van der Waals surface area contributed by atoms with Crippen LogP contribution in [0.4, 0.5) is 13.2 Å². The van der Waals surface area contributed by atoms with Crippen molar-refractivity contribution in [3.63, 3.8) is 0 Å². The second kappa shape index (κ2) is 9.69. The Bertz CT molecular complexity index is 813. The van der Waals surface area contributed by atoms with Crippen LogP contribution in [0.1, 0.15) is 43.2 Å². The number of hydrogen-bond acceptors (Lipinski definition) is 5. The normalized spacial score (nSPS) is 13.6. The maximum absolute atomic E-state index is 12.8. The molecule has 2 aromatic rings. The molecule has 29 heavy (non-hydrogen) atoms. The van der Waals surface area contributed by atoms with Gasteiger partial charge in [0.2, 0.25) is 5.91 Å². The maximum Gasteiger partial charge on any atom is 0.417 e. The zero-order valence-corrected chi connectivity index (χ0v) is 16.5. The largest absolute Gasteiger partial charge is 0.496 e. The number of aliphatic hydroxyl groups is 1. The van der Waals surface area contributed by atoms with Gasteiger partial charge in [-0.05, 0) is 31.5 Å². The van der Waals surface area contributed by atoms with Crippen LogP contribution >= 0.6 is 0 Å². The molecule has 2 heterocycles. The van der Waals surface area contributed by atoms with E-state index in [9.17, 15) is 23.1 Å². The molecule has 0 bridgehead atoms. The van der Waals surface area contributed by atoms with Gasteiger partial charge in [0.05, 0.1) is 25.1 Å². The van der Waals surface area contributed by atoms with Gasteiger partial charge >= 0.3 is 6.18 Å². The first kappa shape index (κ1) is 22.6. The molecule has 1 unspecified atom stereocenters. The number of alkyl halides is 3. The Kier molecular flexibility index (Phi) is 7.55. The van der Waals surface area contributed by atoms with E-state index in [4.69, 9.17) is 4.74 Å². The van der Waals surface area contributed by atoms with Gasteiger partial charge in [-0.15, -0.1) is 0 Å². The zero-order valence-electron chi connectivity index (χ0n) is 16.5. The summed E-state index contributed by atoms with van der Waals surface area (Å²) in [6.45, 7) is 3.96. The summed E-state index contributed by atoms with van der Waals surface area (Å²) in [4.78, 5) is 22.1. The van der Waals surface area contributed by atoms with Crippen molar-refractivity contribution in [1.82, 2.24) is 14.9 Å². The molecular formula is C20H24F3N3O3. The highest BCUT2D eigenvalue weighted by atomic mass is 19.4. The van der Waals surface area contributed by atoms with Crippen molar-refractivity contribution in [2.75, 3.05) is 13.7 Å². The molecule has 1 amide bonds. The Balaban J connectivity index is 2.17. The standard InChI is InChI=1S/C20H24F3N3O3/c1-4-9-26(13(2)19(28)16-12-24-8-7-17(16)29-3)18(27)10-15-6-5-14(11-25-15)20(21,22)23/h5-8,11-13,19,28H,4,9-10H2,1-3H3/t13-,19?/m1/s1. The lowest BCUT2D eigenvalue weighted by molar-refractivity contribution is -0.137. The number of amides is 1. The number of pyridine rings is 2. The fourth-order valence-corrected chi connectivity index (χ4v) is 2.98. The number of halogens is 3. The van der Waals surface area contributed by atoms with E-state index in [0.717, 1.165) is 6.07 Å². The van der Waals surface area contributed by atoms with Crippen molar-refractivity contribution in [1.29, 1.82) is 0 Å². The molecule has 6 nitrogen and oxygen atoms in total. The molecule has 9 heteroatoms. The van der Waals surface area contributed by atoms with Gasteiger partial charge in [-0.25, -0.2) is 0 Å². The Morgan fingerprint density at radius 2 is 2.00 bits per heavy atom. The van der Waals surface area contributed by atoms with E-state index < -0.39 is 23.9 Å². The van der Waals surface area contributed by atoms with Crippen LogP contribution in [-0.2, 0) is 17.4 Å². The molecule has 1 N–H and O–H groups in total. The van der Waals surface area contributed by atoms with Crippen LogP contribution in [0.15, 0.2) is 36.8 Å². The highest BCUT2D eigenvalue weighted by Gasteiger charge is 2.31. The second-order valence-electron chi connectivity index (χ2n) is 6.60. The van der Waals surface area contributed by atoms with E-state index >= 15 is 0 Å². The highest BCUT2D eigenvalue weighted by Crippen LogP contribution is 2.30. The van der Waals surface area contributed by atoms with E-state index in [1.165, 1.54) is 30.5 Å². The second-order valence-corrected chi connectivity index (χ2v) is 6.60. The van der Waals surface area contributed by atoms with E-state index in [0.29, 0.717) is 30.5 Å². The first-order chi connectivity index (χ1) is 13.7. The number of rotatable bonds is 8. The fraction of sp³-hybridized carbons (Fsp3) is 0.450. The van der Waals surface area contributed by atoms with E-state index in [1.54, 1.807) is 13.0 Å². The molecule has 0 aliphatic heterocycles. The van der Waals surface area contributed by atoms with Crippen LogP contribution in [0, 0.1) is 0 Å². The number of carbonyl (C=O) groups excluding carboxylic acids is 1. The van der Waals surface area contributed by atoms with Gasteiger partial charge in [0.25, 0.3) is 0 Å². The van der Waals surface area contributed by atoms with Gasteiger partial charge < -0.3 is 14.7 Å². The van der Waals surface area contributed by atoms with Crippen molar-refractivity contribution in [2.24, 2.45) is 0 Å². The van der Waals surface area contributed by atoms with Gasteiger partial charge in [-0.1, -0.05) is 6.92 Å². The summed E-state index contributed by atoms with van der Waals surface area (Å²) in [5.41, 5.74) is -0.194. The van der Waals surface area contributed by atoms with Crippen LogP contribution in [0.5, 0.6) is 5.75 Å². The van der Waals surface area contributed by atoms with Crippen LogP contribution < -0.4 is 4.74 Å². The quantitative estimate of drug-likeness (QED) is 0.721. The SMILES string of the molecule is CCCN(C(=O)Cc1ccc(C(F)(F)F)cn1)[C@H](C)C(O)c1cnccc1OC. The molecule has 0 saturated carbocycles. The summed E-state index contributed by atoms with van der Waals surface area (Å²) in [6, 6.07) is 3.10. The monoisotopic (exact) mass is 411 g/mol. The molecule has 0 fully saturated rings. The first-order valence-electron chi connectivity index (χ1n) is 9.16. The lowest BCUT2D eigenvalue weighted by atomic mass is 10.0. The van der Waals surface area contributed by atoms with E-state index in [-0.39, 0.29) is 18.0 Å². The number of aromatic nitrogens is 2. The van der Waals surface area contributed by atoms with Crippen molar-refractivity contribution in [3.8, 4) is 5.75 Å². The summed E-state index contributed by atoms with van der Waals surface area (Å²) < 4.78 is 43.3. The van der Waals surface area contributed by atoms with Gasteiger partial charge in [0.15, 0.2) is 0 Å². The van der Waals surface area contributed by atoms with Crippen LogP contribution in [0.2, 0.25) is 0 Å². The predicted octanol–water partition coefficient (Wildman–Crippen LogP) is 3.41. The Labute approximate surface area is 167 Å². The average molecular weight is 411 g/mol. The summed E-state index contributed by atoms with van der Waals surface area (Å²) in [5, 5.41) is 10.8. The molecule has 2 aromatic heterocycles. The molecule has 158 valence electrons. The van der Waals surface area contributed by atoms with Gasteiger partial charge in [-0.3, -0.25) is 14.8 Å². The third-order valence-corrected chi connectivity index (χ3v) is 4.57. The van der Waals surface area contributed by atoms with Crippen molar-refractivity contribution < 1.29 is 27.8 Å². The minimum Gasteiger partial charge on any atom is -0.496 e. The topological polar surface area (TPSA) is 75.6 Å².